The normalized spacial score (nSPS) is 10.4. The maximum atomic E-state index is 11.9. The van der Waals surface area contributed by atoms with Gasteiger partial charge in [0.2, 0.25) is 0 Å². The molecule has 2 rings (SSSR count). The lowest BCUT2D eigenvalue weighted by atomic mass is 10.2. The monoisotopic (exact) mass is 338 g/mol. The number of unbranched alkanes of at least 4 members (excludes halogenated alkanes) is 1. The van der Waals surface area contributed by atoms with Crippen molar-refractivity contribution in [3.63, 3.8) is 0 Å². The highest BCUT2D eigenvalue weighted by molar-refractivity contribution is 7.16. The zero-order valence-electron chi connectivity index (χ0n) is 11.7. The summed E-state index contributed by atoms with van der Waals surface area (Å²) in [6.45, 7) is 0.525. The van der Waals surface area contributed by atoms with Crippen molar-refractivity contribution in [2.75, 3.05) is 6.54 Å². The third kappa shape index (κ3) is 4.82. The summed E-state index contributed by atoms with van der Waals surface area (Å²) in [5, 5.41) is 11.6. The molecule has 0 radical (unpaired) electrons. The molecule has 0 unspecified atom stereocenters. The van der Waals surface area contributed by atoms with Gasteiger partial charge in [-0.1, -0.05) is 17.7 Å². The number of pyridine rings is 1. The van der Waals surface area contributed by atoms with E-state index in [1.807, 2.05) is 12.1 Å². The maximum Gasteiger partial charge on any atom is 0.354 e. The minimum absolute atomic E-state index is 0.116. The first kappa shape index (κ1) is 16.5. The van der Waals surface area contributed by atoms with Gasteiger partial charge in [-0.15, -0.1) is 11.3 Å². The van der Waals surface area contributed by atoms with Gasteiger partial charge in [0.15, 0.2) is 0 Å². The van der Waals surface area contributed by atoms with E-state index in [0.717, 1.165) is 23.6 Å². The van der Waals surface area contributed by atoms with Gasteiger partial charge in [-0.3, -0.25) is 4.79 Å². The molecule has 0 aliphatic heterocycles. The molecule has 7 heteroatoms. The number of aryl methyl sites for hydroxylation is 1. The zero-order valence-corrected chi connectivity index (χ0v) is 13.3. The highest BCUT2D eigenvalue weighted by Crippen LogP contribution is 2.22. The summed E-state index contributed by atoms with van der Waals surface area (Å²) in [7, 11) is 0. The van der Waals surface area contributed by atoms with E-state index in [1.54, 1.807) is 11.3 Å². The molecule has 2 aromatic heterocycles. The summed E-state index contributed by atoms with van der Waals surface area (Å²) in [6.07, 6.45) is 2.71. The molecular formula is C15H15ClN2O3S. The van der Waals surface area contributed by atoms with Gasteiger partial charge in [-0.2, -0.15) is 0 Å². The highest BCUT2D eigenvalue weighted by Gasteiger charge is 2.10. The van der Waals surface area contributed by atoms with Gasteiger partial charge in [0.05, 0.1) is 4.34 Å². The molecule has 0 aromatic carbocycles. The van der Waals surface area contributed by atoms with Crippen LogP contribution in [0.25, 0.3) is 0 Å². The SMILES string of the molecule is O=C(O)c1cccc(C(=O)NCCCCc2ccc(Cl)s2)n1. The molecule has 0 fully saturated rings. The lowest BCUT2D eigenvalue weighted by Crippen LogP contribution is -2.26. The Bertz CT molecular complexity index is 672. The average Bonchev–Trinajstić information content (AvgIpc) is 2.92. The summed E-state index contributed by atoms with van der Waals surface area (Å²) in [6, 6.07) is 8.24. The van der Waals surface area contributed by atoms with Crippen molar-refractivity contribution >= 4 is 34.8 Å². The number of carboxylic acids is 1. The lowest BCUT2D eigenvalue weighted by molar-refractivity contribution is 0.0690. The Morgan fingerprint density at radius 3 is 2.64 bits per heavy atom. The van der Waals surface area contributed by atoms with Gasteiger partial charge in [0.1, 0.15) is 11.4 Å². The number of nitrogens with one attached hydrogen (secondary N) is 1. The molecule has 0 bridgehead atoms. The zero-order chi connectivity index (χ0) is 15.9. The molecule has 116 valence electrons. The second kappa shape index (κ2) is 7.91. The molecule has 0 saturated heterocycles. The van der Waals surface area contributed by atoms with Crippen LogP contribution in [0.3, 0.4) is 0 Å². The van der Waals surface area contributed by atoms with Gasteiger partial charge in [0.25, 0.3) is 5.91 Å². The summed E-state index contributed by atoms with van der Waals surface area (Å²) in [4.78, 5) is 27.7. The van der Waals surface area contributed by atoms with Gasteiger partial charge < -0.3 is 10.4 Å². The van der Waals surface area contributed by atoms with E-state index in [-0.39, 0.29) is 17.3 Å². The molecule has 0 aliphatic rings. The molecule has 0 saturated carbocycles. The van der Waals surface area contributed by atoms with Crippen LogP contribution in [-0.2, 0) is 6.42 Å². The molecule has 5 nitrogen and oxygen atoms in total. The largest absolute Gasteiger partial charge is 0.477 e. The Morgan fingerprint density at radius 2 is 1.95 bits per heavy atom. The smallest absolute Gasteiger partial charge is 0.354 e. The van der Waals surface area contributed by atoms with Crippen molar-refractivity contribution in [3.05, 3.63) is 50.9 Å². The number of amides is 1. The number of aromatic nitrogens is 1. The first-order valence-electron chi connectivity index (χ1n) is 6.79. The van der Waals surface area contributed by atoms with E-state index in [1.165, 1.54) is 23.1 Å². The Morgan fingerprint density at radius 1 is 1.18 bits per heavy atom. The van der Waals surface area contributed by atoms with Crippen LogP contribution >= 0.6 is 22.9 Å². The van der Waals surface area contributed by atoms with Crippen LogP contribution < -0.4 is 5.32 Å². The van der Waals surface area contributed by atoms with E-state index < -0.39 is 5.97 Å². The van der Waals surface area contributed by atoms with Crippen LogP contribution in [0, 0.1) is 0 Å². The second-order valence-electron chi connectivity index (χ2n) is 4.63. The molecule has 0 aliphatic carbocycles. The van der Waals surface area contributed by atoms with Crippen LogP contribution in [0.1, 0.15) is 38.7 Å². The average molecular weight is 339 g/mol. The van der Waals surface area contributed by atoms with E-state index in [2.05, 4.69) is 10.3 Å². The Balaban J connectivity index is 1.73. The number of aromatic carboxylic acids is 1. The minimum atomic E-state index is -1.15. The van der Waals surface area contributed by atoms with Crippen molar-refractivity contribution in [3.8, 4) is 0 Å². The van der Waals surface area contributed by atoms with Crippen LogP contribution in [0.15, 0.2) is 30.3 Å². The first-order valence-corrected chi connectivity index (χ1v) is 7.98. The fraction of sp³-hybridized carbons (Fsp3) is 0.267. The molecule has 22 heavy (non-hydrogen) atoms. The van der Waals surface area contributed by atoms with Crippen molar-refractivity contribution in [2.24, 2.45) is 0 Å². The molecule has 2 heterocycles. The summed E-state index contributed by atoms with van der Waals surface area (Å²) < 4.78 is 0.785. The van der Waals surface area contributed by atoms with E-state index in [0.29, 0.717) is 6.54 Å². The fourth-order valence-corrected chi connectivity index (χ4v) is 3.01. The van der Waals surface area contributed by atoms with Crippen LogP contribution in [0.2, 0.25) is 4.34 Å². The number of carbonyl (C=O) groups is 2. The molecular weight excluding hydrogens is 324 g/mol. The van der Waals surface area contributed by atoms with Crippen LogP contribution in [0.5, 0.6) is 0 Å². The quantitative estimate of drug-likeness (QED) is 0.759. The molecule has 2 aromatic rings. The van der Waals surface area contributed by atoms with Crippen LogP contribution in [-0.4, -0.2) is 28.5 Å². The van der Waals surface area contributed by atoms with Crippen molar-refractivity contribution in [1.82, 2.24) is 10.3 Å². The third-order valence-electron chi connectivity index (χ3n) is 2.97. The summed E-state index contributed by atoms with van der Waals surface area (Å²) in [5.74, 6) is -1.51. The van der Waals surface area contributed by atoms with E-state index in [4.69, 9.17) is 16.7 Å². The number of hydrogen-bond donors (Lipinski definition) is 2. The number of rotatable bonds is 7. The summed E-state index contributed by atoms with van der Waals surface area (Å²) in [5.41, 5.74) is -0.0211. The number of hydrogen-bond acceptors (Lipinski definition) is 4. The predicted molar refractivity (Wildman–Crippen MR) is 85.8 cm³/mol. The van der Waals surface area contributed by atoms with Gasteiger partial charge >= 0.3 is 5.97 Å². The molecule has 0 spiro atoms. The number of halogens is 1. The predicted octanol–water partition coefficient (Wildman–Crippen LogP) is 3.25. The second-order valence-corrected chi connectivity index (χ2v) is 6.43. The maximum absolute atomic E-state index is 11.9. The van der Waals surface area contributed by atoms with Crippen molar-refractivity contribution in [2.45, 2.75) is 19.3 Å². The number of carbonyl (C=O) groups excluding carboxylic acids is 1. The first-order chi connectivity index (χ1) is 10.6. The van der Waals surface area contributed by atoms with Crippen molar-refractivity contribution in [1.29, 1.82) is 0 Å². The fourth-order valence-electron chi connectivity index (χ4n) is 1.88. The Labute approximate surface area is 137 Å². The van der Waals surface area contributed by atoms with E-state index >= 15 is 0 Å². The van der Waals surface area contributed by atoms with Gasteiger partial charge in [-0.05, 0) is 43.5 Å². The highest BCUT2D eigenvalue weighted by atomic mass is 35.5. The van der Waals surface area contributed by atoms with E-state index in [9.17, 15) is 9.59 Å². The van der Waals surface area contributed by atoms with Gasteiger partial charge in [-0.25, -0.2) is 9.78 Å². The third-order valence-corrected chi connectivity index (χ3v) is 4.26. The number of thiophene rings is 1. The topological polar surface area (TPSA) is 79.3 Å². The minimum Gasteiger partial charge on any atom is -0.477 e. The number of carboxylic acid groups (broad SMARTS) is 1. The van der Waals surface area contributed by atoms with Crippen LogP contribution in [0.4, 0.5) is 0 Å². The Kier molecular flexibility index (Phi) is 5.91. The number of nitrogens with zero attached hydrogens (tertiary/aromatic N) is 1. The summed E-state index contributed by atoms with van der Waals surface area (Å²) >= 11 is 7.42. The molecule has 1 amide bonds. The molecule has 2 N–H and O–H groups in total. The lowest BCUT2D eigenvalue weighted by Gasteiger charge is -2.05. The molecule has 0 atom stereocenters. The van der Waals surface area contributed by atoms with Crippen molar-refractivity contribution < 1.29 is 14.7 Å². The standard InChI is InChI=1S/C15H15ClN2O3S/c16-13-8-7-10(22-13)4-1-2-9-17-14(19)11-5-3-6-12(18-11)15(20)21/h3,5-8H,1-2,4,9H2,(H,17,19)(H,20,21). The van der Waals surface area contributed by atoms with Gasteiger partial charge in [0, 0.05) is 11.4 Å². The Hall–Kier alpha value is -1.92.